The normalized spacial score (nSPS) is 13.0. The molecule has 2 aromatic carbocycles. The second-order valence-electron chi connectivity index (χ2n) is 5.39. The van der Waals surface area contributed by atoms with Gasteiger partial charge in [-0.1, -0.05) is 0 Å². The van der Waals surface area contributed by atoms with E-state index in [0.29, 0.717) is 5.82 Å². The van der Waals surface area contributed by atoms with E-state index in [9.17, 15) is 4.79 Å². The Morgan fingerprint density at radius 3 is 2.75 bits per heavy atom. The van der Waals surface area contributed by atoms with Crippen molar-refractivity contribution in [3.05, 3.63) is 42.7 Å². The maximum atomic E-state index is 11.6. The molecule has 1 aromatic heterocycles. The molecule has 120 valence electrons. The van der Waals surface area contributed by atoms with Gasteiger partial charge in [-0.3, -0.25) is 4.79 Å². The number of hydrogen-bond donors (Lipinski definition) is 3. The van der Waals surface area contributed by atoms with Gasteiger partial charge in [0.1, 0.15) is 17.9 Å². The molecule has 0 saturated heterocycles. The van der Waals surface area contributed by atoms with Crippen LogP contribution in [0.5, 0.6) is 5.75 Å². The molecule has 0 atom stereocenters. The number of anilines is 4. The molecule has 3 N–H and O–H groups in total. The van der Waals surface area contributed by atoms with Crippen molar-refractivity contribution in [2.45, 2.75) is 0 Å². The smallest absolute Gasteiger partial charge is 0.243 e. The molecule has 4 rings (SSSR count). The molecule has 0 fully saturated rings. The molecule has 0 unspecified atom stereocenters. The van der Waals surface area contributed by atoms with Gasteiger partial charge >= 0.3 is 0 Å². The van der Waals surface area contributed by atoms with Crippen LogP contribution in [0.3, 0.4) is 0 Å². The Hall–Kier alpha value is -3.35. The van der Waals surface area contributed by atoms with Crippen molar-refractivity contribution in [3.63, 3.8) is 0 Å². The molecule has 1 aliphatic rings. The van der Waals surface area contributed by atoms with Crippen molar-refractivity contribution in [3.8, 4) is 5.75 Å². The van der Waals surface area contributed by atoms with Crippen LogP contribution in [0.4, 0.5) is 22.9 Å². The number of aromatic nitrogens is 2. The zero-order chi connectivity index (χ0) is 16.5. The Kier molecular flexibility index (Phi) is 3.38. The molecule has 0 aliphatic carbocycles. The Morgan fingerprint density at radius 2 is 1.96 bits per heavy atom. The first-order chi connectivity index (χ1) is 11.7. The average molecular weight is 321 g/mol. The summed E-state index contributed by atoms with van der Waals surface area (Å²) in [6.07, 6.45) is 1.52. The van der Waals surface area contributed by atoms with E-state index in [0.717, 1.165) is 33.7 Å². The number of fused-ring (bicyclic) bond motifs is 2. The predicted molar refractivity (Wildman–Crippen MR) is 92.9 cm³/mol. The number of hydrogen-bond acceptors (Lipinski definition) is 6. The van der Waals surface area contributed by atoms with E-state index in [1.807, 2.05) is 36.4 Å². The summed E-state index contributed by atoms with van der Waals surface area (Å²) in [5, 5.41) is 10.0. The second-order valence-corrected chi connectivity index (χ2v) is 5.39. The van der Waals surface area contributed by atoms with Crippen LogP contribution in [0.2, 0.25) is 0 Å². The molecular formula is C17H15N5O2. The van der Waals surface area contributed by atoms with E-state index >= 15 is 0 Å². The lowest BCUT2D eigenvalue weighted by molar-refractivity contribution is -0.114. The summed E-state index contributed by atoms with van der Waals surface area (Å²) >= 11 is 0. The van der Waals surface area contributed by atoms with Gasteiger partial charge in [-0.25, -0.2) is 9.97 Å². The summed E-state index contributed by atoms with van der Waals surface area (Å²) in [6, 6.07) is 11.4. The first-order valence-corrected chi connectivity index (χ1v) is 7.46. The van der Waals surface area contributed by atoms with Crippen LogP contribution in [0, 0.1) is 0 Å². The maximum Gasteiger partial charge on any atom is 0.243 e. The number of carbonyl (C=O) groups excluding carboxylic acids is 1. The summed E-state index contributed by atoms with van der Waals surface area (Å²) in [5.41, 5.74) is 3.27. The quantitative estimate of drug-likeness (QED) is 0.687. The number of rotatable bonds is 3. The van der Waals surface area contributed by atoms with Gasteiger partial charge < -0.3 is 20.7 Å². The molecule has 0 spiro atoms. The molecule has 0 bridgehead atoms. The minimum Gasteiger partial charge on any atom is -0.497 e. The SMILES string of the molecule is COc1ccc(Nc2ncnc3cc4c(cc23)NC(=O)CN4)cc1. The molecule has 24 heavy (non-hydrogen) atoms. The molecular weight excluding hydrogens is 306 g/mol. The number of nitrogens with one attached hydrogen (secondary N) is 3. The number of methoxy groups -OCH3 is 1. The predicted octanol–water partition coefficient (Wildman–Crippen LogP) is 2.75. The van der Waals surface area contributed by atoms with Gasteiger partial charge in [0.15, 0.2) is 0 Å². The van der Waals surface area contributed by atoms with E-state index in [4.69, 9.17) is 4.74 Å². The van der Waals surface area contributed by atoms with Gasteiger partial charge in [-0.2, -0.15) is 0 Å². The fraction of sp³-hybridized carbons (Fsp3) is 0.118. The van der Waals surface area contributed by atoms with Crippen molar-refractivity contribution in [1.82, 2.24) is 9.97 Å². The molecule has 1 aliphatic heterocycles. The highest BCUT2D eigenvalue weighted by Crippen LogP contribution is 2.33. The molecule has 7 nitrogen and oxygen atoms in total. The van der Waals surface area contributed by atoms with Crippen LogP contribution in [-0.2, 0) is 4.79 Å². The van der Waals surface area contributed by atoms with E-state index in [2.05, 4.69) is 25.9 Å². The highest BCUT2D eigenvalue weighted by molar-refractivity contribution is 6.05. The van der Waals surface area contributed by atoms with Crippen molar-refractivity contribution in [2.75, 3.05) is 29.6 Å². The summed E-state index contributed by atoms with van der Waals surface area (Å²) in [7, 11) is 1.63. The topological polar surface area (TPSA) is 88.2 Å². The number of benzene rings is 2. The average Bonchev–Trinajstić information content (AvgIpc) is 2.61. The van der Waals surface area contributed by atoms with Crippen LogP contribution in [0.1, 0.15) is 0 Å². The highest BCUT2D eigenvalue weighted by Gasteiger charge is 2.16. The van der Waals surface area contributed by atoms with Gasteiger partial charge in [0.05, 0.1) is 30.5 Å². The fourth-order valence-electron chi connectivity index (χ4n) is 2.63. The molecule has 2 heterocycles. The zero-order valence-corrected chi connectivity index (χ0v) is 13.0. The van der Waals surface area contributed by atoms with Crippen molar-refractivity contribution < 1.29 is 9.53 Å². The highest BCUT2D eigenvalue weighted by atomic mass is 16.5. The number of ether oxygens (including phenoxy) is 1. The van der Waals surface area contributed by atoms with Crippen molar-refractivity contribution in [1.29, 1.82) is 0 Å². The van der Waals surface area contributed by atoms with Crippen molar-refractivity contribution >= 4 is 39.7 Å². The Labute approximate surface area is 138 Å². The van der Waals surface area contributed by atoms with Gasteiger partial charge in [0, 0.05) is 11.1 Å². The van der Waals surface area contributed by atoms with Gasteiger partial charge in [-0.15, -0.1) is 0 Å². The van der Waals surface area contributed by atoms with E-state index in [-0.39, 0.29) is 12.5 Å². The third-order valence-corrected chi connectivity index (χ3v) is 3.84. The number of carbonyl (C=O) groups is 1. The Balaban J connectivity index is 1.74. The van der Waals surface area contributed by atoms with Crippen LogP contribution in [-0.4, -0.2) is 29.5 Å². The summed E-state index contributed by atoms with van der Waals surface area (Å²) in [5.74, 6) is 1.40. The fourth-order valence-corrected chi connectivity index (χ4v) is 2.63. The van der Waals surface area contributed by atoms with Crippen molar-refractivity contribution in [2.24, 2.45) is 0 Å². The number of nitrogens with zero attached hydrogens (tertiary/aromatic N) is 2. The summed E-state index contributed by atoms with van der Waals surface area (Å²) < 4.78 is 5.16. The van der Waals surface area contributed by atoms with Gasteiger partial charge in [0.2, 0.25) is 5.91 Å². The van der Waals surface area contributed by atoms with E-state index in [1.165, 1.54) is 6.33 Å². The van der Waals surface area contributed by atoms with Gasteiger partial charge in [0.25, 0.3) is 0 Å². The standard InChI is InChI=1S/C17H15N5O2/c1-24-11-4-2-10(3-5-11)21-17-12-6-15-14(18-8-16(23)22-15)7-13(12)19-9-20-17/h2-7,9,18H,8H2,1H3,(H,22,23)(H,19,20,21). The first-order valence-electron chi connectivity index (χ1n) is 7.46. The second kappa shape index (κ2) is 5.69. The third-order valence-electron chi connectivity index (χ3n) is 3.84. The van der Waals surface area contributed by atoms with E-state index in [1.54, 1.807) is 7.11 Å². The molecule has 0 saturated carbocycles. The molecule has 1 amide bonds. The zero-order valence-electron chi connectivity index (χ0n) is 13.0. The van der Waals surface area contributed by atoms with Crippen LogP contribution < -0.4 is 20.7 Å². The summed E-state index contributed by atoms with van der Waals surface area (Å²) in [6.45, 7) is 0.264. The monoisotopic (exact) mass is 321 g/mol. The molecule has 7 heteroatoms. The lowest BCUT2D eigenvalue weighted by Crippen LogP contribution is -2.27. The molecule has 0 radical (unpaired) electrons. The molecule has 3 aromatic rings. The number of amides is 1. The lowest BCUT2D eigenvalue weighted by atomic mass is 10.1. The van der Waals surface area contributed by atoms with E-state index < -0.39 is 0 Å². The lowest BCUT2D eigenvalue weighted by Gasteiger charge is -2.19. The third kappa shape index (κ3) is 2.56. The Bertz CT molecular complexity index is 924. The largest absolute Gasteiger partial charge is 0.497 e. The Morgan fingerprint density at radius 1 is 1.12 bits per heavy atom. The minimum absolute atomic E-state index is 0.0663. The van der Waals surface area contributed by atoms with Crippen LogP contribution >= 0.6 is 0 Å². The maximum absolute atomic E-state index is 11.6. The minimum atomic E-state index is -0.0663. The first kappa shape index (κ1) is 14.3. The van der Waals surface area contributed by atoms with Crippen LogP contribution in [0.25, 0.3) is 10.9 Å². The summed E-state index contributed by atoms with van der Waals surface area (Å²) in [4.78, 5) is 20.2. The van der Waals surface area contributed by atoms with Crippen LogP contribution in [0.15, 0.2) is 42.7 Å². The van der Waals surface area contributed by atoms with Gasteiger partial charge in [-0.05, 0) is 36.4 Å².